The van der Waals surface area contributed by atoms with Gasteiger partial charge in [0.05, 0.1) is 13.7 Å². The van der Waals surface area contributed by atoms with E-state index in [2.05, 4.69) is 19.8 Å². The zero-order valence-corrected chi connectivity index (χ0v) is 14.4. The van der Waals surface area contributed by atoms with Crippen molar-refractivity contribution in [2.75, 3.05) is 57.8 Å². The highest BCUT2D eigenvalue weighted by molar-refractivity contribution is 5.78. The molecule has 2 heterocycles. The molecular formula is C16H27N5O2. The SMILES string of the molecule is CCN(CC)C(=O)CN1CCCN(c2cc(OC)ncn2)CC1. The largest absolute Gasteiger partial charge is 0.481 e. The highest BCUT2D eigenvalue weighted by atomic mass is 16.5. The lowest BCUT2D eigenvalue weighted by Gasteiger charge is -2.25. The average molecular weight is 321 g/mol. The number of hydrogen-bond donors (Lipinski definition) is 0. The van der Waals surface area contributed by atoms with E-state index in [1.807, 2.05) is 24.8 Å². The number of rotatable bonds is 6. The van der Waals surface area contributed by atoms with Gasteiger partial charge in [-0.25, -0.2) is 9.97 Å². The molecule has 0 atom stereocenters. The first-order valence-electron chi connectivity index (χ1n) is 8.29. The van der Waals surface area contributed by atoms with Crippen LogP contribution in [0.25, 0.3) is 0 Å². The van der Waals surface area contributed by atoms with Crippen molar-refractivity contribution in [2.24, 2.45) is 0 Å². The number of ether oxygens (including phenoxy) is 1. The minimum absolute atomic E-state index is 0.215. The second-order valence-electron chi connectivity index (χ2n) is 5.60. The summed E-state index contributed by atoms with van der Waals surface area (Å²) in [7, 11) is 1.61. The van der Waals surface area contributed by atoms with Crippen LogP contribution in [0.2, 0.25) is 0 Å². The van der Waals surface area contributed by atoms with E-state index in [0.29, 0.717) is 12.4 Å². The zero-order valence-electron chi connectivity index (χ0n) is 14.4. The summed E-state index contributed by atoms with van der Waals surface area (Å²) in [5, 5.41) is 0. The summed E-state index contributed by atoms with van der Waals surface area (Å²) in [6, 6.07) is 1.86. The average Bonchev–Trinajstić information content (AvgIpc) is 2.81. The van der Waals surface area contributed by atoms with E-state index in [9.17, 15) is 4.79 Å². The van der Waals surface area contributed by atoms with Gasteiger partial charge in [0.1, 0.15) is 12.1 Å². The number of carbonyl (C=O) groups excluding carboxylic acids is 1. The number of hydrogen-bond acceptors (Lipinski definition) is 6. The Morgan fingerprint density at radius 3 is 2.70 bits per heavy atom. The normalized spacial score (nSPS) is 16.0. The van der Waals surface area contributed by atoms with Crippen molar-refractivity contribution in [1.29, 1.82) is 0 Å². The number of anilines is 1. The predicted molar refractivity (Wildman–Crippen MR) is 89.8 cm³/mol. The van der Waals surface area contributed by atoms with E-state index in [-0.39, 0.29) is 5.91 Å². The molecule has 0 radical (unpaired) electrons. The number of likely N-dealkylation sites (N-methyl/N-ethyl adjacent to an activating group) is 1. The van der Waals surface area contributed by atoms with Crippen molar-refractivity contribution >= 4 is 11.7 Å². The van der Waals surface area contributed by atoms with Gasteiger partial charge in [0.2, 0.25) is 11.8 Å². The van der Waals surface area contributed by atoms with E-state index < -0.39 is 0 Å². The monoisotopic (exact) mass is 321 g/mol. The molecule has 23 heavy (non-hydrogen) atoms. The van der Waals surface area contributed by atoms with E-state index in [0.717, 1.165) is 51.5 Å². The van der Waals surface area contributed by atoms with E-state index in [1.165, 1.54) is 6.33 Å². The fraction of sp³-hybridized carbons (Fsp3) is 0.688. The Hall–Kier alpha value is -1.89. The first-order valence-corrected chi connectivity index (χ1v) is 8.29. The molecule has 0 N–H and O–H groups in total. The predicted octanol–water partition coefficient (Wildman–Crippen LogP) is 0.866. The van der Waals surface area contributed by atoms with Crippen molar-refractivity contribution in [1.82, 2.24) is 19.8 Å². The van der Waals surface area contributed by atoms with Crippen LogP contribution in [0.5, 0.6) is 5.88 Å². The maximum Gasteiger partial charge on any atom is 0.236 e. The summed E-state index contributed by atoms with van der Waals surface area (Å²) in [4.78, 5) is 27.0. The van der Waals surface area contributed by atoms with Gasteiger partial charge in [0.25, 0.3) is 0 Å². The number of nitrogens with zero attached hydrogens (tertiary/aromatic N) is 5. The topological polar surface area (TPSA) is 61.8 Å². The van der Waals surface area contributed by atoms with Crippen LogP contribution < -0.4 is 9.64 Å². The van der Waals surface area contributed by atoms with Crippen molar-refractivity contribution < 1.29 is 9.53 Å². The van der Waals surface area contributed by atoms with Gasteiger partial charge in [0, 0.05) is 45.3 Å². The number of aromatic nitrogens is 2. The molecule has 128 valence electrons. The maximum atomic E-state index is 12.3. The number of methoxy groups -OCH3 is 1. The van der Waals surface area contributed by atoms with E-state index >= 15 is 0 Å². The first-order chi connectivity index (χ1) is 11.2. The van der Waals surface area contributed by atoms with Crippen molar-refractivity contribution in [3.05, 3.63) is 12.4 Å². The van der Waals surface area contributed by atoms with Gasteiger partial charge in [-0.15, -0.1) is 0 Å². The Morgan fingerprint density at radius 2 is 2.00 bits per heavy atom. The summed E-state index contributed by atoms with van der Waals surface area (Å²) in [6.45, 7) is 9.67. The quantitative estimate of drug-likeness (QED) is 0.775. The number of carbonyl (C=O) groups is 1. The summed E-state index contributed by atoms with van der Waals surface area (Å²) in [5.74, 6) is 1.67. The molecule has 1 aromatic rings. The van der Waals surface area contributed by atoms with Crippen LogP contribution in [-0.4, -0.2) is 78.6 Å². The van der Waals surface area contributed by atoms with Gasteiger partial charge in [-0.2, -0.15) is 0 Å². The zero-order chi connectivity index (χ0) is 16.7. The molecule has 7 nitrogen and oxygen atoms in total. The first kappa shape index (κ1) is 17.5. The van der Waals surface area contributed by atoms with Gasteiger partial charge in [-0.05, 0) is 20.3 Å². The van der Waals surface area contributed by atoms with Gasteiger partial charge >= 0.3 is 0 Å². The van der Waals surface area contributed by atoms with Crippen LogP contribution in [-0.2, 0) is 4.79 Å². The number of amides is 1. The molecule has 0 saturated carbocycles. The molecule has 0 unspecified atom stereocenters. The second-order valence-corrected chi connectivity index (χ2v) is 5.60. The van der Waals surface area contributed by atoms with Gasteiger partial charge < -0.3 is 14.5 Å². The van der Waals surface area contributed by atoms with Gasteiger partial charge in [0.15, 0.2) is 0 Å². The fourth-order valence-electron chi connectivity index (χ4n) is 2.84. The third kappa shape index (κ3) is 4.79. The maximum absolute atomic E-state index is 12.3. The van der Waals surface area contributed by atoms with Crippen molar-refractivity contribution in [2.45, 2.75) is 20.3 Å². The second kappa shape index (κ2) is 8.67. The molecule has 2 rings (SSSR count). The van der Waals surface area contributed by atoms with E-state index in [1.54, 1.807) is 7.11 Å². The Kier molecular flexibility index (Phi) is 6.58. The molecular weight excluding hydrogens is 294 g/mol. The molecule has 1 fully saturated rings. The minimum atomic E-state index is 0.215. The molecule has 1 amide bonds. The Labute approximate surface area is 138 Å². The fourth-order valence-corrected chi connectivity index (χ4v) is 2.84. The summed E-state index contributed by atoms with van der Waals surface area (Å²) < 4.78 is 5.16. The summed E-state index contributed by atoms with van der Waals surface area (Å²) >= 11 is 0. The lowest BCUT2D eigenvalue weighted by Crippen LogP contribution is -2.41. The lowest BCUT2D eigenvalue weighted by molar-refractivity contribution is -0.132. The van der Waals surface area contributed by atoms with Crippen molar-refractivity contribution in [3.8, 4) is 5.88 Å². The lowest BCUT2D eigenvalue weighted by atomic mass is 10.3. The highest BCUT2D eigenvalue weighted by Crippen LogP contribution is 2.17. The van der Waals surface area contributed by atoms with Crippen LogP contribution in [0.3, 0.4) is 0 Å². The molecule has 0 aromatic carbocycles. The Morgan fingerprint density at radius 1 is 1.22 bits per heavy atom. The third-order valence-electron chi connectivity index (χ3n) is 4.22. The molecule has 0 aliphatic carbocycles. The van der Waals surface area contributed by atoms with E-state index in [4.69, 9.17) is 4.74 Å². The Bertz CT molecular complexity index is 507. The molecule has 1 aliphatic rings. The van der Waals surface area contributed by atoms with Crippen LogP contribution in [0, 0.1) is 0 Å². The summed E-state index contributed by atoms with van der Waals surface area (Å²) in [5.41, 5.74) is 0. The van der Waals surface area contributed by atoms with Gasteiger partial charge in [-0.1, -0.05) is 0 Å². The molecule has 0 bridgehead atoms. The van der Waals surface area contributed by atoms with Crippen LogP contribution >= 0.6 is 0 Å². The van der Waals surface area contributed by atoms with Gasteiger partial charge in [-0.3, -0.25) is 9.69 Å². The smallest absolute Gasteiger partial charge is 0.236 e. The molecule has 1 aliphatic heterocycles. The Balaban J connectivity index is 1.92. The van der Waals surface area contributed by atoms with Crippen molar-refractivity contribution in [3.63, 3.8) is 0 Å². The highest BCUT2D eigenvalue weighted by Gasteiger charge is 2.20. The molecule has 7 heteroatoms. The molecule has 0 spiro atoms. The molecule has 1 saturated heterocycles. The minimum Gasteiger partial charge on any atom is -0.481 e. The standard InChI is InChI=1S/C16H27N5O2/c1-4-20(5-2)16(22)12-19-7-6-8-21(10-9-19)14-11-15(23-3)18-13-17-14/h11,13H,4-10,12H2,1-3H3. The third-order valence-corrected chi connectivity index (χ3v) is 4.22. The van der Waals surface area contributed by atoms with Crippen LogP contribution in [0.15, 0.2) is 12.4 Å². The molecule has 1 aromatic heterocycles. The van der Waals surface area contributed by atoms with Crippen LogP contribution in [0.1, 0.15) is 20.3 Å². The summed E-state index contributed by atoms with van der Waals surface area (Å²) in [6.07, 6.45) is 2.54. The van der Waals surface area contributed by atoms with Crippen LogP contribution in [0.4, 0.5) is 5.82 Å².